The lowest BCUT2D eigenvalue weighted by Gasteiger charge is -2.29. The number of rotatable bonds is 5. The maximum absolute atomic E-state index is 12.4. The smallest absolute Gasteiger partial charge is 0.242 e. The first-order valence-corrected chi connectivity index (χ1v) is 11.0. The summed E-state index contributed by atoms with van der Waals surface area (Å²) in [6, 6.07) is 4.90. The molecule has 26 heavy (non-hydrogen) atoms. The maximum atomic E-state index is 12.4. The fourth-order valence-electron chi connectivity index (χ4n) is 3.21. The first kappa shape index (κ1) is 19.2. The van der Waals surface area contributed by atoms with Crippen molar-refractivity contribution < 1.29 is 18.0 Å². The van der Waals surface area contributed by atoms with Gasteiger partial charge in [-0.2, -0.15) is 0 Å². The molecule has 9 heteroatoms. The Balaban J connectivity index is 1.85. The van der Waals surface area contributed by atoms with Crippen LogP contribution in [0.3, 0.4) is 0 Å². The Kier molecular flexibility index (Phi) is 5.59. The normalized spacial score (nSPS) is 18.3. The van der Waals surface area contributed by atoms with Gasteiger partial charge in [-0.15, -0.1) is 11.8 Å². The third-order valence-electron chi connectivity index (χ3n) is 4.67. The molecule has 1 fully saturated rings. The number of sulfonamides is 1. The molecule has 2 aliphatic rings. The van der Waals surface area contributed by atoms with Crippen LogP contribution in [0.25, 0.3) is 0 Å². The Morgan fingerprint density at radius 2 is 2.00 bits per heavy atom. The predicted octanol–water partition coefficient (Wildman–Crippen LogP) is 1.43. The van der Waals surface area contributed by atoms with Crippen molar-refractivity contribution in [3.63, 3.8) is 0 Å². The van der Waals surface area contributed by atoms with Gasteiger partial charge >= 0.3 is 0 Å². The van der Waals surface area contributed by atoms with Crippen LogP contribution in [0.2, 0.25) is 0 Å². The van der Waals surface area contributed by atoms with Gasteiger partial charge in [0.05, 0.1) is 16.3 Å². The molecule has 0 radical (unpaired) electrons. The van der Waals surface area contributed by atoms with Crippen LogP contribution in [0, 0.1) is 0 Å². The largest absolute Gasteiger partial charge is 0.352 e. The molecule has 7 nitrogen and oxygen atoms in total. The lowest BCUT2D eigenvalue weighted by Crippen LogP contribution is -2.45. The molecule has 1 aromatic rings. The Morgan fingerprint density at radius 1 is 1.31 bits per heavy atom. The monoisotopic (exact) mass is 397 g/mol. The van der Waals surface area contributed by atoms with E-state index < -0.39 is 10.0 Å². The Labute approximate surface area is 158 Å². The number of fused-ring (bicyclic) bond motifs is 1. The average Bonchev–Trinajstić information content (AvgIpc) is 3.09. The second-order valence-electron chi connectivity index (χ2n) is 6.73. The van der Waals surface area contributed by atoms with E-state index in [1.54, 1.807) is 6.07 Å². The Morgan fingerprint density at radius 3 is 2.65 bits per heavy atom. The van der Waals surface area contributed by atoms with Crippen molar-refractivity contribution in [2.24, 2.45) is 0 Å². The molecule has 0 unspecified atom stereocenters. The van der Waals surface area contributed by atoms with Crippen LogP contribution in [-0.2, 0) is 19.6 Å². The van der Waals surface area contributed by atoms with Crippen LogP contribution in [0.4, 0.5) is 5.69 Å². The highest BCUT2D eigenvalue weighted by atomic mass is 32.2. The molecule has 0 atom stereocenters. The Bertz CT molecular complexity index is 817. The van der Waals surface area contributed by atoms with Crippen LogP contribution in [0.1, 0.15) is 25.7 Å². The van der Waals surface area contributed by atoms with Gasteiger partial charge in [-0.3, -0.25) is 9.59 Å². The molecular formula is C17H23N3O4S2. The zero-order valence-electron chi connectivity index (χ0n) is 14.9. The van der Waals surface area contributed by atoms with E-state index >= 15 is 0 Å². The van der Waals surface area contributed by atoms with E-state index in [0.717, 1.165) is 34.9 Å². The van der Waals surface area contributed by atoms with Crippen LogP contribution in [0.15, 0.2) is 28.0 Å². The van der Waals surface area contributed by atoms with Crippen LogP contribution in [0.5, 0.6) is 0 Å². The minimum atomic E-state index is -3.61. The van der Waals surface area contributed by atoms with Gasteiger partial charge in [0, 0.05) is 25.0 Å². The van der Waals surface area contributed by atoms with E-state index in [4.69, 9.17) is 0 Å². The number of hydrogen-bond donors (Lipinski definition) is 1. The molecule has 0 saturated heterocycles. The van der Waals surface area contributed by atoms with Crippen molar-refractivity contribution in [3.05, 3.63) is 18.2 Å². The molecule has 1 saturated carbocycles. The molecule has 2 amide bonds. The molecule has 0 bridgehead atoms. The molecule has 1 aliphatic carbocycles. The van der Waals surface area contributed by atoms with Crippen LogP contribution >= 0.6 is 11.8 Å². The van der Waals surface area contributed by atoms with Gasteiger partial charge in [0.15, 0.2) is 0 Å². The molecular weight excluding hydrogens is 374 g/mol. The summed E-state index contributed by atoms with van der Waals surface area (Å²) in [5, 5.41) is 2.97. The first-order chi connectivity index (χ1) is 12.3. The zero-order valence-corrected chi connectivity index (χ0v) is 16.5. The second kappa shape index (κ2) is 7.58. The quantitative estimate of drug-likeness (QED) is 0.812. The van der Waals surface area contributed by atoms with Gasteiger partial charge in [0.1, 0.15) is 6.54 Å². The number of carbonyl (C=O) groups excluding carboxylic acids is 2. The van der Waals surface area contributed by atoms with Crippen molar-refractivity contribution in [2.75, 3.05) is 31.3 Å². The van der Waals surface area contributed by atoms with E-state index in [-0.39, 0.29) is 35.0 Å². The zero-order chi connectivity index (χ0) is 18.9. The van der Waals surface area contributed by atoms with Crippen molar-refractivity contribution in [3.8, 4) is 0 Å². The van der Waals surface area contributed by atoms with E-state index in [2.05, 4.69) is 5.32 Å². The molecule has 3 rings (SSSR count). The molecule has 1 aromatic carbocycles. The predicted molar refractivity (Wildman–Crippen MR) is 101 cm³/mol. The number of nitrogens with one attached hydrogen (secondary N) is 1. The van der Waals surface area contributed by atoms with Crippen LogP contribution < -0.4 is 10.2 Å². The lowest BCUT2D eigenvalue weighted by molar-refractivity contribution is -0.123. The summed E-state index contributed by atoms with van der Waals surface area (Å²) >= 11 is 1.36. The molecule has 1 heterocycles. The van der Waals surface area contributed by atoms with Crippen LogP contribution in [-0.4, -0.2) is 57.0 Å². The number of thioether (sulfide) groups is 1. The second-order valence-corrected chi connectivity index (χ2v) is 9.90. The minimum Gasteiger partial charge on any atom is -0.352 e. The van der Waals surface area contributed by atoms with Gasteiger partial charge in [-0.05, 0) is 31.0 Å². The average molecular weight is 398 g/mol. The fourth-order valence-corrected chi connectivity index (χ4v) is 5.05. The SMILES string of the molecule is CN(C)S(=O)(=O)c1ccc2c(c1)N(CC(=O)NC1CCCC1)C(=O)CS2. The van der Waals surface area contributed by atoms with Gasteiger partial charge in [0.25, 0.3) is 0 Å². The third-order valence-corrected chi connectivity index (χ3v) is 7.53. The van der Waals surface area contributed by atoms with Gasteiger partial charge in [0.2, 0.25) is 21.8 Å². The molecule has 142 valence electrons. The maximum Gasteiger partial charge on any atom is 0.242 e. The highest BCUT2D eigenvalue weighted by Gasteiger charge is 2.29. The number of carbonyl (C=O) groups is 2. The van der Waals surface area contributed by atoms with Crippen molar-refractivity contribution >= 4 is 39.3 Å². The Hall–Kier alpha value is -1.58. The van der Waals surface area contributed by atoms with Crippen molar-refractivity contribution in [2.45, 2.75) is 41.5 Å². The summed E-state index contributed by atoms with van der Waals surface area (Å²) in [5.74, 6) is -0.156. The summed E-state index contributed by atoms with van der Waals surface area (Å²) in [7, 11) is -0.693. The number of amides is 2. The fraction of sp³-hybridized carbons (Fsp3) is 0.529. The van der Waals surface area contributed by atoms with E-state index in [0.29, 0.717) is 5.69 Å². The van der Waals surface area contributed by atoms with Crippen molar-refractivity contribution in [1.29, 1.82) is 0 Å². The molecule has 1 aliphatic heterocycles. The number of benzene rings is 1. The minimum absolute atomic E-state index is 0.0889. The van der Waals surface area contributed by atoms with E-state index in [1.165, 1.54) is 42.9 Å². The lowest BCUT2D eigenvalue weighted by atomic mass is 10.2. The summed E-state index contributed by atoms with van der Waals surface area (Å²) in [4.78, 5) is 27.1. The topological polar surface area (TPSA) is 86.8 Å². The summed E-state index contributed by atoms with van der Waals surface area (Å²) in [6.45, 7) is -0.0889. The molecule has 1 N–H and O–H groups in total. The van der Waals surface area contributed by atoms with Crippen molar-refractivity contribution in [1.82, 2.24) is 9.62 Å². The standard InChI is InChI=1S/C17H23N3O4S2/c1-19(2)26(23,24)13-7-8-15-14(9-13)20(17(22)11-25-15)10-16(21)18-12-5-3-4-6-12/h7-9,12H,3-6,10-11H2,1-2H3,(H,18,21). The number of nitrogens with zero attached hydrogens (tertiary/aromatic N) is 2. The summed E-state index contributed by atoms with van der Waals surface area (Å²) in [6.07, 6.45) is 4.16. The number of anilines is 1. The summed E-state index contributed by atoms with van der Waals surface area (Å²) < 4.78 is 25.9. The molecule has 0 spiro atoms. The highest BCUT2D eigenvalue weighted by molar-refractivity contribution is 8.00. The summed E-state index contributed by atoms with van der Waals surface area (Å²) in [5.41, 5.74) is 0.482. The molecule has 0 aromatic heterocycles. The first-order valence-electron chi connectivity index (χ1n) is 8.58. The highest BCUT2D eigenvalue weighted by Crippen LogP contribution is 2.37. The third kappa shape index (κ3) is 3.89. The number of hydrogen-bond acceptors (Lipinski definition) is 5. The van der Waals surface area contributed by atoms with E-state index in [1.807, 2.05) is 0 Å². The van der Waals surface area contributed by atoms with E-state index in [9.17, 15) is 18.0 Å². The van der Waals surface area contributed by atoms with Gasteiger partial charge < -0.3 is 10.2 Å². The van der Waals surface area contributed by atoms with Gasteiger partial charge in [-0.1, -0.05) is 12.8 Å². The van der Waals surface area contributed by atoms with Gasteiger partial charge in [-0.25, -0.2) is 12.7 Å².